The number of nitrogens with zero attached hydrogens (tertiary/aromatic N) is 2. The van der Waals surface area contributed by atoms with Gasteiger partial charge in [-0.05, 0) is 50.1 Å². The summed E-state index contributed by atoms with van der Waals surface area (Å²) in [7, 11) is 0. The zero-order chi connectivity index (χ0) is 12.6. The third kappa shape index (κ3) is 2.40. The van der Waals surface area contributed by atoms with Crippen molar-refractivity contribution in [3.8, 4) is 5.69 Å². The van der Waals surface area contributed by atoms with Crippen LogP contribution in [0.2, 0.25) is 0 Å². The van der Waals surface area contributed by atoms with Crippen LogP contribution in [0.4, 0.5) is 13.2 Å². The van der Waals surface area contributed by atoms with Gasteiger partial charge in [-0.15, -0.1) is 0 Å². The first-order chi connectivity index (χ1) is 7.91. The minimum absolute atomic E-state index is 0.324. The van der Waals surface area contributed by atoms with Crippen LogP contribution in [-0.4, -0.2) is 9.78 Å². The molecule has 0 fully saturated rings. The van der Waals surface area contributed by atoms with Gasteiger partial charge in [0.1, 0.15) is 5.69 Å². The van der Waals surface area contributed by atoms with Crippen molar-refractivity contribution in [2.45, 2.75) is 6.18 Å². The number of hydrogen-bond acceptors (Lipinski definition) is 1. The first-order valence-electron chi connectivity index (χ1n) is 4.47. The Bertz CT molecular complexity index is 528. The van der Waals surface area contributed by atoms with Gasteiger partial charge < -0.3 is 0 Å². The van der Waals surface area contributed by atoms with Gasteiger partial charge in [0.05, 0.1) is 11.9 Å². The van der Waals surface area contributed by atoms with E-state index < -0.39 is 11.9 Å². The maximum absolute atomic E-state index is 12.7. The van der Waals surface area contributed by atoms with Gasteiger partial charge in [-0.25, -0.2) is 4.68 Å². The predicted molar refractivity (Wildman–Crippen MR) is 64.0 cm³/mol. The summed E-state index contributed by atoms with van der Waals surface area (Å²) >= 11 is 6.42. The predicted octanol–water partition coefficient (Wildman–Crippen LogP) is 4.42. The fourth-order valence-electron chi connectivity index (χ4n) is 1.39. The zero-order valence-electron chi connectivity index (χ0n) is 8.17. The molecule has 0 saturated carbocycles. The second kappa shape index (κ2) is 4.45. The average Bonchev–Trinajstić information content (AvgIpc) is 2.65. The maximum Gasteiger partial charge on any atom is 0.433 e. The highest BCUT2D eigenvalue weighted by molar-refractivity contribution is 9.11. The van der Waals surface area contributed by atoms with E-state index in [1.165, 1.54) is 0 Å². The van der Waals surface area contributed by atoms with Crippen molar-refractivity contribution in [2.75, 3.05) is 0 Å². The van der Waals surface area contributed by atoms with Crippen molar-refractivity contribution in [1.29, 1.82) is 0 Å². The van der Waals surface area contributed by atoms with Gasteiger partial charge in [-0.1, -0.05) is 6.07 Å². The van der Waals surface area contributed by atoms with Crippen LogP contribution in [-0.2, 0) is 6.18 Å². The van der Waals surface area contributed by atoms with Crippen LogP contribution in [0.15, 0.2) is 39.4 Å². The van der Waals surface area contributed by atoms with Crippen molar-refractivity contribution >= 4 is 31.9 Å². The van der Waals surface area contributed by atoms with Gasteiger partial charge in [-0.2, -0.15) is 18.3 Å². The van der Waals surface area contributed by atoms with Gasteiger partial charge in [0.25, 0.3) is 0 Å². The molecule has 90 valence electrons. The van der Waals surface area contributed by atoms with E-state index in [1.807, 2.05) is 0 Å². The Hall–Kier alpha value is -0.820. The summed E-state index contributed by atoms with van der Waals surface area (Å²) in [5.74, 6) is 0. The van der Waals surface area contributed by atoms with Gasteiger partial charge in [0, 0.05) is 8.95 Å². The van der Waals surface area contributed by atoms with Crippen molar-refractivity contribution in [3.63, 3.8) is 0 Å². The summed E-state index contributed by atoms with van der Waals surface area (Å²) in [5.41, 5.74) is -0.491. The first-order valence-corrected chi connectivity index (χ1v) is 6.05. The molecule has 0 N–H and O–H groups in total. The number of hydrogen-bond donors (Lipinski definition) is 0. The number of para-hydroxylation sites is 1. The lowest BCUT2D eigenvalue weighted by Gasteiger charge is -2.13. The standard InChI is InChI=1S/C10H5Br2F3N2/c11-6-2-1-3-7(12)9(6)17-8(4-5-16-17)10(13,14)15/h1-5H. The molecule has 0 bridgehead atoms. The van der Waals surface area contributed by atoms with Crippen molar-refractivity contribution < 1.29 is 13.2 Å². The van der Waals surface area contributed by atoms with E-state index in [-0.39, 0.29) is 0 Å². The van der Waals surface area contributed by atoms with Gasteiger partial charge >= 0.3 is 6.18 Å². The lowest BCUT2D eigenvalue weighted by molar-refractivity contribution is -0.142. The molecular formula is C10H5Br2F3N2. The van der Waals surface area contributed by atoms with E-state index in [0.29, 0.717) is 14.6 Å². The third-order valence-corrected chi connectivity index (χ3v) is 3.36. The molecule has 17 heavy (non-hydrogen) atoms. The van der Waals surface area contributed by atoms with E-state index in [4.69, 9.17) is 0 Å². The number of alkyl halides is 3. The molecule has 0 spiro atoms. The average molecular weight is 370 g/mol. The van der Waals surface area contributed by atoms with E-state index in [0.717, 1.165) is 16.9 Å². The minimum Gasteiger partial charge on any atom is -0.226 e. The van der Waals surface area contributed by atoms with Crippen molar-refractivity contribution in [1.82, 2.24) is 9.78 Å². The van der Waals surface area contributed by atoms with Crippen LogP contribution >= 0.6 is 31.9 Å². The zero-order valence-corrected chi connectivity index (χ0v) is 11.3. The smallest absolute Gasteiger partial charge is 0.226 e. The van der Waals surface area contributed by atoms with E-state index in [1.54, 1.807) is 18.2 Å². The molecule has 1 aromatic heterocycles. The monoisotopic (exact) mass is 368 g/mol. The van der Waals surface area contributed by atoms with Gasteiger partial charge in [-0.3, -0.25) is 0 Å². The topological polar surface area (TPSA) is 17.8 Å². The maximum atomic E-state index is 12.7. The number of rotatable bonds is 1. The van der Waals surface area contributed by atoms with E-state index >= 15 is 0 Å². The van der Waals surface area contributed by atoms with E-state index in [9.17, 15) is 13.2 Å². The summed E-state index contributed by atoms with van der Waals surface area (Å²) in [5, 5.41) is 3.71. The highest BCUT2D eigenvalue weighted by Crippen LogP contribution is 2.35. The normalized spacial score (nSPS) is 11.8. The number of aromatic nitrogens is 2. The summed E-state index contributed by atoms with van der Waals surface area (Å²) in [6.07, 6.45) is -3.32. The Balaban J connectivity index is 2.66. The summed E-state index contributed by atoms with van der Waals surface area (Å²) in [6.45, 7) is 0. The molecule has 0 saturated heterocycles. The highest BCUT2D eigenvalue weighted by Gasteiger charge is 2.35. The molecule has 2 nitrogen and oxygen atoms in total. The number of halogens is 5. The SMILES string of the molecule is FC(F)(F)c1ccnn1-c1c(Br)cccc1Br. The first kappa shape index (κ1) is 12.6. The lowest BCUT2D eigenvalue weighted by Crippen LogP contribution is -2.13. The minimum atomic E-state index is -4.44. The summed E-state index contributed by atoms with van der Waals surface area (Å²) in [4.78, 5) is 0. The van der Waals surface area contributed by atoms with Crippen LogP contribution in [0.25, 0.3) is 5.69 Å². The molecule has 0 amide bonds. The molecule has 7 heteroatoms. The van der Waals surface area contributed by atoms with Crippen molar-refractivity contribution in [2.24, 2.45) is 0 Å². The fourth-order valence-corrected chi connectivity index (χ4v) is 2.72. The van der Waals surface area contributed by atoms with Crippen LogP contribution in [0.3, 0.4) is 0 Å². The second-order valence-corrected chi connectivity index (χ2v) is 4.90. The van der Waals surface area contributed by atoms with Gasteiger partial charge in [0.2, 0.25) is 0 Å². The Kier molecular flexibility index (Phi) is 3.31. The largest absolute Gasteiger partial charge is 0.433 e. The molecule has 2 aromatic rings. The molecule has 0 aliphatic rings. The van der Waals surface area contributed by atoms with Crippen molar-refractivity contribution in [3.05, 3.63) is 45.1 Å². The van der Waals surface area contributed by atoms with Crippen LogP contribution in [0.1, 0.15) is 5.69 Å². The van der Waals surface area contributed by atoms with Crippen LogP contribution < -0.4 is 0 Å². The second-order valence-electron chi connectivity index (χ2n) is 3.20. The molecule has 0 radical (unpaired) electrons. The highest BCUT2D eigenvalue weighted by atomic mass is 79.9. The molecule has 0 aliphatic carbocycles. The number of benzene rings is 1. The lowest BCUT2D eigenvalue weighted by atomic mass is 10.3. The van der Waals surface area contributed by atoms with E-state index in [2.05, 4.69) is 37.0 Å². The Morgan fingerprint density at radius 1 is 1.06 bits per heavy atom. The Morgan fingerprint density at radius 2 is 1.65 bits per heavy atom. The fraction of sp³-hybridized carbons (Fsp3) is 0.100. The Morgan fingerprint density at radius 3 is 2.18 bits per heavy atom. The van der Waals surface area contributed by atoms with Crippen LogP contribution in [0, 0.1) is 0 Å². The Labute approximate surface area is 112 Å². The molecule has 1 heterocycles. The van der Waals surface area contributed by atoms with Crippen LogP contribution in [0.5, 0.6) is 0 Å². The molecule has 0 atom stereocenters. The molecule has 2 rings (SSSR count). The molecule has 0 unspecified atom stereocenters. The summed E-state index contributed by atoms with van der Waals surface area (Å²) < 4.78 is 40.1. The quantitative estimate of drug-likeness (QED) is 0.727. The third-order valence-electron chi connectivity index (χ3n) is 2.08. The van der Waals surface area contributed by atoms with Gasteiger partial charge in [0.15, 0.2) is 0 Å². The summed E-state index contributed by atoms with van der Waals surface area (Å²) in [6, 6.07) is 5.96. The molecule has 1 aromatic carbocycles. The molecular weight excluding hydrogens is 365 g/mol. The molecule has 0 aliphatic heterocycles.